The molecule has 1 aliphatic rings. The Morgan fingerprint density at radius 3 is 2.90 bits per heavy atom. The summed E-state index contributed by atoms with van der Waals surface area (Å²) in [5.41, 5.74) is 2.62. The van der Waals surface area contributed by atoms with E-state index in [-0.39, 0.29) is 18.6 Å². The lowest BCUT2D eigenvalue weighted by Gasteiger charge is -2.34. The number of amides is 1. The van der Waals surface area contributed by atoms with Crippen molar-refractivity contribution in [1.29, 1.82) is 0 Å². The van der Waals surface area contributed by atoms with Gasteiger partial charge in [0, 0.05) is 18.9 Å². The van der Waals surface area contributed by atoms with Crippen LogP contribution in [0.2, 0.25) is 0 Å². The molecule has 2 aromatic heterocycles. The van der Waals surface area contributed by atoms with Crippen LogP contribution in [0.3, 0.4) is 0 Å². The maximum Gasteiger partial charge on any atom is 0.256 e. The molecule has 0 aliphatic carbocycles. The van der Waals surface area contributed by atoms with E-state index in [1.165, 1.54) is 0 Å². The Bertz CT molecular complexity index is 957. The van der Waals surface area contributed by atoms with E-state index in [0.29, 0.717) is 30.4 Å². The summed E-state index contributed by atoms with van der Waals surface area (Å²) in [5.74, 6) is 0.927. The van der Waals surface area contributed by atoms with Crippen molar-refractivity contribution in [3.8, 4) is 0 Å². The second-order valence-corrected chi connectivity index (χ2v) is 7.23. The van der Waals surface area contributed by atoms with Gasteiger partial charge in [-0.3, -0.25) is 9.78 Å². The lowest BCUT2D eigenvalue weighted by molar-refractivity contribution is 0.0595. The van der Waals surface area contributed by atoms with Crippen molar-refractivity contribution in [1.82, 2.24) is 20.0 Å². The minimum Gasteiger partial charge on any atom is -0.367 e. The zero-order valence-electron chi connectivity index (χ0n) is 16.5. The summed E-state index contributed by atoms with van der Waals surface area (Å²) in [4.78, 5) is 23.6. The SMILES string of the molecule is Cc1ccncc1C(=O)N1CCCCC1c1noc(COCc2ccccc2)n1. The Balaban J connectivity index is 1.43. The van der Waals surface area contributed by atoms with E-state index in [4.69, 9.17) is 9.26 Å². The molecular weight excluding hydrogens is 368 g/mol. The van der Waals surface area contributed by atoms with Gasteiger partial charge in [0.15, 0.2) is 5.82 Å². The number of nitrogens with zero attached hydrogens (tertiary/aromatic N) is 4. The Morgan fingerprint density at radius 2 is 2.07 bits per heavy atom. The number of aromatic nitrogens is 3. The number of aryl methyl sites for hydroxylation is 1. The lowest BCUT2D eigenvalue weighted by atomic mass is 9.99. The fourth-order valence-electron chi connectivity index (χ4n) is 3.58. The van der Waals surface area contributed by atoms with Gasteiger partial charge in [-0.15, -0.1) is 0 Å². The third kappa shape index (κ3) is 4.51. The molecule has 3 aromatic rings. The maximum atomic E-state index is 13.1. The average molecular weight is 392 g/mol. The van der Waals surface area contributed by atoms with Gasteiger partial charge in [0.1, 0.15) is 6.61 Å². The molecule has 0 bridgehead atoms. The first kappa shape index (κ1) is 19.3. The molecule has 1 aromatic carbocycles. The van der Waals surface area contributed by atoms with Crippen LogP contribution in [0, 0.1) is 6.92 Å². The number of likely N-dealkylation sites (tertiary alicyclic amines) is 1. The number of carbonyl (C=O) groups excluding carboxylic acids is 1. The first-order valence-corrected chi connectivity index (χ1v) is 9.88. The number of piperidine rings is 1. The van der Waals surface area contributed by atoms with Crippen LogP contribution in [-0.4, -0.2) is 32.5 Å². The highest BCUT2D eigenvalue weighted by molar-refractivity contribution is 5.95. The molecule has 1 atom stereocenters. The molecule has 0 radical (unpaired) electrons. The summed E-state index contributed by atoms with van der Waals surface area (Å²) in [5, 5.41) is 4.14. The van der Waals surface area contributed by atoms with E-state index in [0.717, 1.165) is 30.4 Å². The molecule has 4 rings (SSSR count). The highest BCUT2D eigenvalue weighted by atomic mass is 16.5. The largest absolute Gasteiger partial charge is 0.367 e. The van der Waals surface area contributed by atoms with Gasteiger partial charge < -0.3 is 14.2 Å². The zero-order valence-corrected chi connectivity index (χ0v) is 16.5. The number of hydrogen-bond acceptors (Lipinski definition) is 6. The number of ether oxygens (including phenoxy) is 1. The van der Waals surface area contributed by atoms with E-state index in [1.807, 2.05) is 48.2 Å². The van der Waals surface area contributed by atoms with Crippen molar-refractivity contribution in [2.45, 2.75) is 45.4 Å². The van der Waals surface area contributed by atoms with Gasteiger partial charge in [0.2, 0.25) is 0 Å². The zero-order chi connectivity index (χ0) is 20.1. The van der Waals surface area contributed by atoms with Gasteiger partial charge in [-0.2, -0.15) is 4.98 Å². The molecule has 3 heterocycles. The summed E-state index contributed by atoms with van der Waals surface area (Å²) in [7, 11) is 0. The number of carbonyl (C=O) groups is 1. The highest BCUT2D eigenvalue weighted by Gasteiger charge is 2.32. The molecule has 1 amide bonds. The smallest absolute Gasteiger partial charge is 0.256 e. The predicted molar refractivity (Wildman–Crippen MR) is 106 cm³/mol. The van der Waals surface area contributed by atoms with Crippen molar-refractivity contribution in [3.63, 3.8) is 0 Å². The lowest BCUT2D eigenvalue weighted by Crippen LogP contribution is -2.39. The van der Waals surface area contributed by atoms with E-state index >= 15 is 0 Å². The van der Waals surface area contributed by atoms with E-state index in [9.17, 15) is 4.79 Å². The standard InChI is InChI=1S/C22H24N4O3/c1-16-10-11-23-13-18(16)22(27)26-12-6-5-9-19(26)21-24-20(29-25-21)15-28-14-17-7-3-2-4-8-17/h2-4,7-8,10-11,13,19H,5-6,9,12,14-15H2,1H3. The van der Waals surface area contributed by atoms with Crippen molar-refractivity contribution in [3.05, 3.63) is 77.2 Å². The highest BCUT2D eigenvalue weighted by Crippen LogP contribution is 2.31. The molecule has 7 nitrogen and oxygen atoms in total. The monoisotopic (exact) mass is 392 g/mol. The molecule has 0 N–H and O–H groups in total. The number of hydrogen-bond donors (Lipinski definition) is 0. The van der Waals surface area contributed by atoms with Crippen LogP contribution in [0.15, 0.2) is 53.3 Å². The molecule has 1 unspecified atom stereocenters. The van der Waals surface area contributed by atoms with Gasteiger partial charge in [-0.1, -0.05) is 35.5 Å². The van der Waals surface area contributed by atoms with Crippen LogP contribution in [0.1, 0.15) is 58.5 Å². The molecule has 7 heteroatoms. The van der Waals surface area contributed by atoms with E-state index in [2.05, 4.69) is 15.1 Å². The van der Waals surface area contributed by atoms with Crippen molar-refractivity contribution in [2.24, 2.45) is 0 Å². The van der Waals surface area contributed by atoms with Crippen molar-refractivity contribution in [2.75, 3.05) is 6.54 Å². The summed E-state index contributed by atoms with van der Waals surface area (Å²) >= 11 is 0. The van der Waals surface area contributed by atoms with Gasteiger partial charge in [0.05, 0.1) is 18.2 Å². The Morgan fingerprint density at radius 1 is 1.21 bits per heavy atom. The number of benzene rings is 1. The Labute approximate surface area is 169 Å². The fraction of sp³-hybridized carbons (Fsp3) is 0.364. The van der Waals surface area contributed by atoms with Crippen LogP contribution in [0.4, 0.5) is 0 Å². The average Bonchev–Trinajstić information content (AvgIpc) is 3.23. The second-order valence-electron chi connectivity index (χ2n) is 7.23. The van der Waals surface area contributed by atoms with Gasteiger partial charge >= 0.3 is 0 Å². The van der Waals surface area contributed by atoms with E-state index < -0.39 is 0 Å². The molecule has 1 aliphatic heterocycles. The topological polar surface area (TPSA) is 81.4 Å². The quantitative estimate of drug-likeness (QED) is 0.634. The second kappa shape index (κ2) is 8.96. The molecule has 0 spiro atoms. The van der Waals surface area contributed by atoms with Gasteiger partial charge in [0.25, 0.3) is 11.8 Å². The molecule has 1 fully saturated rings. The summed E-state index contributed by atoms with van der Waals surface area (Å²) in [6.07, 6.45) is 6.12. The number of pyridine rings is 1. The van der Waals surface area contributed by atoms with Crippen molar-refractivity contribution < 1.29 is 14.1 Å². The molecule has 0 saturated carbocycles. The fourth-order valence-corrected chi connectivity index (χ4v) is 3.58. The Hall–Kier alpha value is -3.06. The molecule has 1 saturated heterocycles. The summed E-state index contributed by atoms with van der Waals surface area (Å²) in [6.45, 7) is 3.31. The van der Waals surface area contributed by atoms with Crippen LogP contribution in [0.25, 0.3) is 0 Å². The van der Waals surface area contributed by atoms with Crippen LogP contribution in [0.5, 0.6) is 0 Å². The third-order valence-electron chi connectivity index (χ3n) is 5.15. The molecular formula is C22H24N4O3. The van der Waals surface area contributed by atoms with E-state index in [1.54, 1.807) is 12.4 Å². The molecule has 150 valence electrons. The van der Waals surface area contributed by atoms with Crippen LogP contribution in [-0.2, 0) is 18.0 Å². The minimum atomic E-state index is -0.192. The van der Waals surface area contributed by atoms with Crippen LogP contribution >= 0.6 is 0 Å². The Kier molecular flexibility index (Phi) is 5.95. The minimum absolute atomic E-state index is 0.0352. The summed E-state index contributed by atoms with van der Waals surface area (Å²) in [6, 6.07) is 11.6. The third-order valence-corrected chi connectivity index (χ3v) is 5.15. The van der Waals surface area contributed by atoms with Gasteiger partial charge in [-0.05, 0) is 43.4 Å². The van der Waals surface area contributed by atoms with Crippen LogP contribution < -0.4 is 0 Å². The summed E-state index contributed by atoms with van der Waals surface area (Å²) < 4.78 is 11.1. The first-order chi connectivity index (χ1) is 14.2. The maximum absolute atomic E-state index is 13.1. The van der Waals surface area contributed by atoms with Gasteiger partial charge in [-0.25, -0.2) is 0 Å². The predicted octanol–water partition coefficient (Wildman–Crippen LogP) is 3.86. The molecule has 29 heavy (non-hydrogen) atoms. The number of rotatable bonds is 6. The first-order valence-electron chi connectivity index (χ1n) is 9.88. The normalized spacial score (nSPS) is 16.7. The van der Waals surface area contributed by atoms with Crippen molar-refractivity contribution >= 4 is 5.91 Å².